The van der Waals surface area contributed by atoms with Crippen LogP contribution in [0, 0.1) is 0 Å². The molecule has 0 aromatic heterocycles. The van der Waals surface area contributed by atoms with Crippen LogP contribution in [0.2, 0.25) is 0 Å². The van der Waals surface area contributed by atoms with Crippen LogP contribution in [0.5, 0.6) is 5.75 Å². The first kappa shape index (κ1) is 17.3. The summed E-state index contributed by atoms with van der Waals surface area (Å²) < 4.78 is 6.63. The summed E-state index contributed by atoms with van der Waals surface area (Å²) in [6.45, 7) is 1.93. The summed E-state index contributed by atoms with van der Waals surface area (Å²) in [6.07, 6.45) is 1.27. The molecule has 4 nitrogen and oxygen atoms in total. The van der Waals surface area contributed by atoms with Gasteiger partial charge in [-0.25, -0.2) is 0 Å². The lowest BCUT2D eigenvalue weighted by Gasteiger charge is -2.07. The van der Waals surface area contributed by atoms with Crippen molar-refractivity contribution in [3.63, 3.8) is 0 Å². The van der Waals surface area contributed by atoms with E-state index in [2.05, 4.69) is 21.2 Å². The molecule has 3 N–H and O–H groups in total. The van der Waals surface area contributed by atoms with E-state index in [9.17, 15) is 4.79 Å². The number of amides is 1. The zero-order chi connectivity index (χ0) is 14.6. The molecule has 0 aliphatic carbocycles. The summed E-state index contributed by atoms with van der Waals surface area (Å²) >= 11 is 5.17. The summed E-state index contributed by atoms with van der Waals surface area (Å²) in [4.78, 5) is 11.3. The van der Waals surface area contributed by atoms with Crippen LogP contribution in [-0.2, 0) is 4.79 Å². The van der Waals surface area contributed by atoms with Crippen LogP contribution in [0.1, 0.15) is 12.8 Å². The van der Waals surface area contributed by atoms with Gasteiger partial charge in [0.15, 0.2) is 0 Å². The molecule has 0 unspecified atom stereocenters. The number of halogens is 1. The van der Waals surface area contributed by atoms with E-state index in [-0.39, 0.29) is 5.91 Å². The van der Waals surface area contributed by atoms with Gasteiger partial charge in [-0.3, -0.25) is 4.79 Å². The van der Waals surface area contributed by atoms with Gasteiger partial charge >= 0.3 is 0 Å². The molecule has 0 bridgehead atoms. The van der Waals surface area contributed by atoms with E-state index in [1.807, 2.05) is 24.3 Å². The smallest absolute Gasteiger partial charge is 0.220 e. The molecule has 1 aromatic carbocycles. The zero-order valence-electron chi connectivity index (χ0n) is 11.4. The van der Waals surface area contributed by atoms with E-state index in [0.717, 1.165) is 28.1 Å². The van der Waals surface area contributed by atoms with Gasteiger partial charge in [-0.15, -0.1) is 0 Å². The van der Waals surface area contributed by atoms with Gasteiger partial charge in [0.25, 0.3) is 0 Å². The average Bonchev–Trinajstić information content (AvgIpc) is 2.44. The Morgan fingerprint density at radius 2 is 2.25 bits per heavy atom. The van der Waals surface area contributed by atoms with Gasteiger partial charge in [-0.05, 0) is 31.2 Å². The van der Waals surface area contributed by atoms with Crippen molar-refractivity contribution in [1.29, 1.82) is 0 Å². The monoisotopic (exact) mass is 360 g/mol. The van der Waals surface area contributed by atoms with E-state index >= 15 is 0 Å². The second kappa shape index (κ2) is 11.0. The highest BCUT2D eigenvalue weighted by molar-refractivity contribution is 9.10. The van der Waals surface area contributed by atoms with E-state index in [1.165, 1.54) is 0 Å². The maximum atomic E-state index is 11.3. The van der Waals surface area contributed by atoms with Gasteiger partial charge in [-0.1, -0.05) is 22.0 Å². The van der Waals surface area contributed by atoms with Crippen molar-refractivity contribution in [3.8, 4) is 5.75 Å². The second-order valence-corrected chi connectivity index (χ2v) is 6.30. The molecular formula is C14H21BrN2O2S. The predicted molar refractivity (Wildman–Crippen MR) is 88.3 cm³/mol. The molecule has 0 spiro atoms. The first-order valence-corrected chi connectivity index (χ1v) is 8.60. The molecule has 0 saturated heterocycles. The Balaban J connectivity index is 1.96. The molecule has 1 amide bonds. The standard InChI is InChI=1S/C14H21BrN2O2S/c15-12-3-1-4-13(11-12)19-8-10-20-9-7-17-14(18)5-2-6-16/h1,3-4,11H,2,5-10,16H2,(H,17,18). The minimum Gasteiger partial charge on any atom is -0.493 e. The van der Waals surface area contributed by atoms with Crippen LogP contribution in [-0.4, -0.2) is 37.1 Å². The number of nitrogens with one attached hydrogen (secondary N) is 1. The van der Waals surface area contributed by atoms with E-state index < -0.39 is 0 Å². The average molecular weight is 361 g/mol. The Hall–Kier alpha value is -0.720. The topological polar surface area (TPSA) is 64.4 Å². The number of carbonyl (C=O) groups is 1. The van der Waals surface area contributed by atoms with Crippen molar-refractivity contribution < 1.29 is 9.53 Å². The molecule has 6 heteroatoms. The molecule has 112 valence electrons. The maximum Gasteiger partial charge on any atom is 0.220 e. The van der Waals surface area contributed by atoms with Crippen molar-refractivity contribution in [2.75, 3.05) is 31.2 Å². The summed E-state index contributed by atoms with van der Waals surface area (Å²) in [6, 6.07) is 7.80. The molecule has 0 atom stereocenters. The highest BCUT2D eigenvalue weighted by Crippen LogP contribution is 2.17. The first-order chi connectivity index (χ1) is 9.72. The number of rotatable bonds is 10. The van der Waals surface area contributed by atoms with Crippen molar-refractivity contribution in [1.82, 2.24) is 5.32 Å². The van der Waals surface area contributed by atoms with Gasteiger partial charge in [0.05, 0.1) is 6.61 Å². The molecule has 0 fully saturated rings. The SMILES string of the molecule is NCCCC(=O)NCCSCCOc1cccc(Br)c1. The molecule has 0 heterocycles. The molecule has 1 rings (SSSR count). The number of benzene rings is 1. The molecule has 1 aromatic rings. The van der Waals surface area contributed by atoms with Crippen LogP contribution in [0.25, 0.3) is 0 Å². The van der Waals surface area contributed by atoms with Gasteiger partial charge in [0, 0.05) is 28.9 Å². The molecule has 0 aliphatic rings. The molecule has 0 saturated carbocycles. The van der Waals surface area contributed by atoms with Gasteiger partial charge in [0.2, 0.25) is 5.91 Å². The number of carbonyl (C=O) groups excluding carboxylic acids is 1. The van der Waals surface area contributed by atoms with E-state index in [0.29, 0.717) is 26.1 Å². The van der Waals surface area contributed by atoms with E-state index in [4.69, 9.17) is 10.5 Å². The summed E-state index contributed by atoms with van der Waals surface area (Å²) in [7, 11) is 0. The summed E-state index contributed by atoms with van der Waals surface area (Å²) in [5.41, 5.74) is 5.34. The third-order valence-corrected chi connectivity index (χ3v) is 3.91. The normalized spacial score (nSPS) is 10.3. The predicted octanol–water partition coefficient (Wildman–Crippen LogP) is 2.42. The summed E-state index contributed by atoms with van der Waals surface area (Å²) in [5, 5.41) is 2.87. The highest BCUT2D eigenvalue weighted by atomic mass is 79.9. The fraction of sp³-hybridized carbons (Fsp3) is 0.500. The van der Waals surface area contributed by atoms with Crippen LogP contribution >= 0.6 is 27.7 Å². The Morgan fingerprint density at radius 3 is 3.00 bits per heavy atom. The Morgan fingerprint density at radius 1 is 1.40 bits per heavy atom. The van der Waals surface area contributed by atoms with Crippen molar-refractivity contribution in [3.05, 3.63) is 28.7 Å². The quantitative estimate of drug-likeness (QED) is 0.629. The van der Waals surface area contributed by atoms with Crippen LogP contribution < -0.4 is 15.8 Å². The molecule has 0 radical (unpaired) electrons. The number of ether oxygens (including phenoxy) is 1. The Kier molecular flexibility index (Phi) is 9.53. The summed E-state index contributed by atoms with van der Waals surface area (Å²) in [5.74, 6) is 2.76. The van der Waals surface area contributed by atoms with Gasteiger partial charge in [0.1, 0.15) is 5.75 Å². The van der Waals surface area contributed by atoms with Crippen molar-refractivity contribution in [2.45, 2.75) is 12.8 Å². The number of hydrogen-bond acceptors (Lipinski definition) is 4. The number of thioether (sulfide) groups is 1. The Bertz CT molecular complexity index is 405. The third kappa shape index (κ3) is 8.45. The minimum atomic E-state index is 0.0847. The largest absolute Gasteiger partial charge is 0.493 e. The lowest BCUT2D eigenvalue weighted by atomic mass is 10.3. The Labute approximate surface area is 133 Å². The highest BCUT2D eigenvalue weighted by Gasteiger charge is 1.99. The van der Waals surface area contributed by atoms with Gasteiger partial charge in [-0.2, -0.15) is 11.8 Å². The van der Waals surface area contributed by atoms with Crippen molar-refractivity contribution in [2.24, 2.45) is 5.73 Å². The van der Waals surface area contributed by atoms with Crippen LogP contribution in [0.4, 0.5) is 0 Å². The third-order valence-electron chi connectivity index (χ3n) is 2.47. The van der Waals surface area contributed by atoms with Crippen LogP contribution in [0.3, 0.4) is 0 Å². The lowest BCUT2D eigenvalue weighted by Crippen LogP contribution is -2.26. The second-order valence-electron chi connectivity index (χ2n) is 4.16. The number of nitrogens with two attached hydrogens (primary N) is 1. The van der Waals surface area contributed by atoms with E-state index in [1.54, 1.807) is 11.8 Å². The fourth-order valence-electron chi connectivity index (χ4n) is 1.49. The minimum absolute atomic E-state index is 0.0847. The van der Waals surface area contributed by atoms with Crippen LogP contribution in [0.15, 0.2) is 28.7 Å². The van der Waals surface area contributed by atoms with Gasteiger partial charge < -0.3 is 15.8 Å². The lowest BCUT2D eigenvalue weighted by molar-refractivity contribution is -0.121. The molecule has 20 heavy (non-hydrogen) atoms. The molecule has 0 aliphatic heterocycles. The maximum absolute atomic E-state index is 11.3. The number of hydrogen-bond donors (Lipinski definition) is 2. The first-order valence-electron chi connectivity index (χ1n) is 6.65. The molecular weight excluding hydrogens is 340 g/mol. The van der Waals surface area contributed by atoms with Crippen molar-refractivity contribution >= 4 is 33.6 Å². The zero-order valence-corrected chi connectivity index (χ0v) is 13.8. The fourth-order valence-corrected chi connectivity index (χ4v) is 2.52.